The predicted molar refractivity (Wildman–Crippen MR) is 78.7 cm³/mol. The number of aromatic nitrogens is 1. The van der Waals surface area contributed by atoms with Crippen LogP contribution in [0, 0.1) is 0 Å². The number of nitrogens with one attached hydrogen (secondary N) is 1. The highest BCUT2D eigenvalue weighted by Crippen LogP contribution is 2.18. The topological polar surface area (TPSA) is 57.4 Å². The van der Waals surface area contributed by atoms with Crippen LogP contribution in [-0.4, -0.2) is 47.5 Å². The van der Waals surface area contributed by atoms with Gasteiger partial charge in [-0.2, -0.15) is 0 Å². The average Bonchev–Trinajstić information content (AvgIpc) is 2.86. The second-order valence-corrected chi connectivity index (χ2v) is 5.32. The maximum atomic E-state index is 5.39. The van der Waals surface area contributed by atoms with Crippen LogP contribution in [0.2, 0.25) is 0 Å². The number of nitrogens with zero attached hydrogens (tertiary/aromatic N) is 3. The zero-order valence-electron chi connectivity index (χ0n) is 12.0. The van der Waals surface area contributed by atoms with Gasteiger partial charge in [-0.15, -0.1) is 0 Å². The van der Waals surface area contributed by atoms with Gasteiger partial charge in [0.2, 0.25) is 0 Å². The van der Waals surface area contributed by atoms with Crippen molar-refractivity contribution in [1.82, 2.24) is 14.8 Å². The van der Waals surface area contributed by atoms with Crippen molar-refractivity contribution < 1.29 is 0 Å². The first-order valence-electron chi connectivity index (χ1n) is 7.07. The molecule has 1 atom stereocenters. The lowest BCUT2D eigenvalue weighted by Crippen LogP contribution is -2.38. The Kier molecular flexibility index (Phi) is 5.13. The summed E-state index contributed by atoms with van der Waals surface area (Å²) < 4.78 is 0. The van der Waals surface area contributed by atoms with E-state index in [4.69, 9.17) is 5.84 Å². The summed E-state index contributed by atoms with van der Waals surface area (Å²) in [6, 6.07) is 4.76. The van der Waals surface area contributed by atoms with Crippen LogP contribution in [0.1, 0.15) is 25.3 Å². The smallest absolute Gasteiger partial charge is 0.140 e. The number of pyridine rings is 1. The monoisotopic (exact) mass is 263 g/mol. The van der Waals surface area contributed by atoms with Crippen LogP contribution in [-0.2, 0) is 6.54 Å². The minimum absolute atomic E-state index is 0.712. The van der Waals surface area contributed by atoms with Crippen LogP contribution in [0.4, 0.5) is 5.82 Å². The van der Waals surface area contributed by atoms with Crippen LogP contribution >= 0.6 is 0 Å². The number of rotatable bonds is 6. The van der Waals surface area contributed by atoms with E-state index in [0.717, 1.165) is 25.5 Å². The van der Waals surface area contributed by atoms with E-state index in [1.165, 1.54) is 24.9 Å². The largest absolute Gasteiger partial charge is 0.308 e. The lowest BCUT2D eigenvalue weighted by atomic mass is 10.2. The Bertz CT molecular complexity index is 395. The lowest BCUT2D eigenvalue weighted by molar-refractivity contribution is 0.195. The summed E-state index contributed by atoms with van der Waals surface area (Å²) in [5, 5.41) is 0. The van der Waals surface area contributed by atoms with Crippen molar-refractivity contribution >= 4 is 5.82 Å². The molecule has 0 radical (unpaired) electrons. The summed E-state index contributed by atoms with van der Waals surface area (Å²) in [5.74, 6) is 6.11. The number of hydrogen-bond donors (Lipinski definition) is 2. The molecule has 5 heteroatoms. The Morgan fingerprint density at radius 2 is 2.42 bits per heavy atom. The Balaban J connectivity index is 1.88. The fraction of sp³-hybridized carbons (Fsp3) is 0.643. The highest BCUT2D eigenvalue weighted by molar-refractivity contribution is 5.35. The normalized spacial score (nSPS) is 20.1. The van der Waals surface area contributed by atoms with Crippen LogP contribution in [0.5, 0.6) is 0 Å². The number of hydrogen-bond acceptors (Lipinski definition) is 5. The first kappa shape index (κ1) is 14.2. The SMILES string of the molecule is CCN1CCCC1CN(C)Cc1ccnc(NN)c1. The molecule has 0 amide bonds. The lowest BCUT2D eigenvalue weighted by Gasteiger charge is -2.27. The minimum atomic E-state index is 0.712. The molecule has 1 saturated heterocycles. The van der Waals surface area contributed by atoms with Crippen molar-refractivity contribution in [3.63, 3.8) is 0 Å². The van der Waals surface area contributed by atoms with Crippen molar-refractivity contribution in [1.29, 1.82) is 0 Å². The van der Waals surface area contributed by atoms with E-state index in [-0.39, 0.29) is 0 Å². The highest BCUT2D eigenvalue weighted by atomic mass is 15.2. The molecule has 2 rings (SSSR count). The van der Waals surface area contributed by atoms with Crippen LogP contribution in [0.15, 0.2) is 18.3 Å². The van der Waals surface area contributed by atoms with E-state index in [1.807, 2.05) is 12.1 Å². The number of nitrogen functional groups attached to an aromatic ring is 1. The molecule has 106 valence electrons. The molecule has 1 fully saturated rings. The van der Waals surface area contributed by atoms with E-state index in [1.54, 1.807) is 6.20 Å². The van der Waals surface area contributed by atoms with Crippen LogP contribution in [0.3, 0.4) is 0 Å². The standard InChI is InChI=1S/C14H25N5/c1-3-19-8-4-5-13(19)11-18(2)10-12-6-7-16-14(9-12)17-15/h6-7,9,13H,3-5,8,10-11,15H2,1-2H3,(H,16,17). The first-order valence-corrected chi connectivity index (χ1v) is 7.07. The third-order valence-electron chi connectivity index (χ3n) is 3.85. The van der Waals surface area contributed by atoms with Crippen molar-refractivity contribution in [2.75, 3.05) is 32.1 Å². The molecule has 1 aromatic rings. The number of likely N-dealkylation sites (N-methyl/N-ethyl adjacent to an activating group) is 2. The molecule has 0 bridgehead atoms. The van der Waals surface area contributed by atoms with Gasteiger partial charge >= 0.3 is 0 Å². The molecule has 3 N–H and O–H groups in total. The summed E-state index contributed by atoms with van der Waals surface area (Å²) in [5.41, 5.74) is 3.83. The van der Waals surface area contributed by atoms with Gasteiger partial charge in [0.1, 0.15) is 5.82 Å². The number of nitrogens with two attached hydrogens (primary N) is 1. The molecule has 1 aliphatic heterocycles. The van der Waals surface area contributed by atoms with Gasteiger partial charge in [0.25, 0.3) is 0 Å². The van der Waals surface area contributed by atoms with Crippen molar-refractivity contribution in [2.24, 2.45) is 5.84 Å². The van der Waals surface area contributed by atoms with E-state index >= 15 is 0 Å². The Morgan fingerprint density at radius 3 is 3.16 bits per heavy atom. The third kappa shape index (κ3) is 3.89. The number of hydrazine groups is 1. The zero-order chi connectivity index (χ0) is 13.7. The van der Waals surface area contributed by atoms with Gasteiger partial charge in [-0.1, -0.05) is 6.92 Å². The predicted octanol–water partition coefficient (Wildman–Crippen LogP) is 1.28. The fourth-order valence-electron chi connectivity index (χ4n) is 2.91. The number of likely N-dealkylation sites (tertiary alicyclic amines) is 1. The Morgan fingerprint density at radius 1 is 1.58 bits per heavy atom. The number of anilines is 1. The van der Waals surface area contributed by atoms with Crippen LogP contribution < -0.4 is 11.3 Å². The molecule has 0 aromatic carbocycles. The van der Waals surface area contributed by atoms with Gasteiger partial charge in [-0.05, 0) is 50.7 Å². The Labute approximate surface area is 115 Å². The third-order valence-corrected chi connectivity index (χ3v) is 3.85. The highest BCUT2D eigenvalue weighted by Gasteiger charge is 2.23. The first-order chi connectivity index (χ1) is 9.22. The summed E-state index contributed by atoms with van der Waals surface area (Å²) in [4.78, 5) is 9.09. The van der Waals surface area contributed by atoms with Crippen molar-refractivity contribution in [3.05, 3.63) is 23.9 Å². The van der Waals surface area contributed by atoms with E-state index in [9.17, 15) is 0 Å². The molecule has 19 heavy (non-hydrogen) atoms. The summed E-state index contributed by atoms with van der Waals surface area (Å²) in [6.45, 7) is 6.73. The average molecular weight is 263 g/mol. The molecule has 1 aromatic heterocycles. The van der Waals surface area contributed by atoms with Gasteiger partial charge < -0.3 is 10.3 Å². The molecule has 0 aliphatic carbocycles. The zero-order valence-corrected chi connectivity index (χ0v) is 12.0. The minimum Gasteiger partial charge on any atom is -0.308 e. The molecular formula is C14H25N5. The maximum absolute atomic E-state index is 5.39. The second kappa shape index (κ2) is 6.84. The van der Waals surface area contributed by atoms with Crippen molar-refractivity contribution in [2.45, 2.75) is 32.4 Å². The van der Waals surface area contributed by atoms with Gasteiger partial charge in [-0.25, -0.2) is 10.8 Å². The molecule has 5 nitrogen and oxygen atoms in total. The van der Waals surface area contributed by atoms with Gasteiger partial charge in [0.05, 0.1) is 0 Å². The van der Waals surface area contributed by atoms with Crippen LogP contribution in [0.25, 0.3) is 0 Å². The molecule has 1 unspecified atom stereocenters. The van der Waals surface area contributed by atoms with E-state index in [0.29, 0.717) is 6.04 Å². The van der Waals surface area contributed by atoms with Crippen molar-refractivity contribution in [3.8, 4) is 0 Å². The fourth-order valence-corrected chi connectivity index (χ4v) is 2.91. The molecular weight excluding hydrogens is 238 g/mol. The van der Waals surface area contributed by atoms with E-state index in [2.05, 4.69) is 34.2 Å². The van der Waals surface area contributed by atoms with E-state index < -0.39 is 0 Å². The Hall–Kier alpha value is -1.17. The van der Waals surface area contributed by atoms with Gasteiger partial charge in [0.15, 0.2) is 0 Å². The second-order valence-electron chi connectivity index (χ2n) is 5.32. The van der Waals surface area contributed by atoms with Gasteiger partial charge in [-0.3, -0.25) is 4.90 Å². The molecule has 1 aliphatic rings. The molecule has 0 spiro atoms. The van der Waals surface area contributed by atoms with Gasteiger partial charge in [0, 0.05) is 25.3 Å². The molecule has 2 heterocycles. The maximum Gasteiger partial charge on any atom is 0.140 e. The quantitative estimate of drug-likeness (QED) is 0.598. The summed E-state index contributed by atoms with van der Waals surface area (Å²) >= 11 is 0. The summed E-state index contributed by atoms with van der Waals surface area (Å²) in [6.07, 6.45) is 4.46. The summed E-state index contributed by atoms with van der Waals surface area (Å²) in [7, 11) is 2.18. The molecule has 0 saturated carbocycles.